The average molecular weight is 288 g/mol. The highest BCUT2D eigenvalue weighted by Gasteiger charge is 2.00. The van der Waals surface area contributed by atoms with Gasteiger partial charge < -0.3 is 5.32 Å². The van der Waals surface area contributed by atoms with Crippen molar-refractivity contribution >= 4 is 21.6 Å². The molecule has 0 saturated carbocycles. The summed E-state index contributed by atoms with van der Waals surface area (Å²) < 4.78 is 13.9. The van der Waals surface area contributed by atoms with Crippen LogP contribution in [0.15, 0.2) is 22.7 Å². The molecule has 0 aliphatic carbocycles. The molecule has 3 heteroatoms. The maximum absolute atomic E-state index is 13.0. The van der Waals surface area contributed by atoms with Gasteiger partial charge in [0.15, 0.2) is 0 Å². The lowest BCUT2D eigenvalue weighted by Crippen LogP contribution is -2.02. The van der Waals surface area contributed by atoms with Gasteiger partial charge in [0.2, 0.25) is 0 Å². The maximum atomic E-state index is 13.0. The van der Waals surface area contributed by atoms with Crippen LogP contribution in [-0.4, -0.2) is 6.54 Å². The standard InChI is InChI=1S/C13H19BrFN/c1-2-3-4-5-6-9-16-13-10-11(15)7-8-12(13)14/h7-8,10,16H,2-6,9H2,1H3. The molecule has 1 aromatic carbocycles. The van der Waals surface area contributed by atoms with Gasteiger partial charge in [-0.3, -0.25) is 0 Å². The highest BCUT2D eigenvalue weighted by Crippen LogP contribution is 2.22. The van der Waals surface area contributed by atoms with Crippen LogP contribution in [0.5, 0.6) is 0 Å². The lowest BCUT2D eigenvalue weighted by atomic mass is 10.1. The van der Waals surface area contributed by atoms with Crippen LogP contribution >= 0.6 is 15.9 Å². The third kappa shape index (κ3) is 4.97. The Bertz CT molecular complexity index is 315. The normalized spacial score (nSPS) is 10.4. The number of nitrogens with one attached hydrogen (secondary N) is 1. The molecule has 0 bridgehead atoms. The van der Waals surface area contributed by atoms with Crippen molar-refractivity contribution in [2.45, 2.75) is 39.0 Å². The smallest absolute Gasteiger partial charge is 0.125 e. The number of anilines is 1. The van der Waals surface area contributed by atoms with Gasteiger partial charge in [-0.25, -0.2) is 4.39 Å². The van der Waals surface area contributed by atoms with Gasteiger partial charge in [0.1, 0.15) is 5.82 Å². The molecule has 0 radical (unpaired) electrons. The second kappa shape index (κ2) is 7.66. The predicted octanol–water partition coefficient (Wildman–Crippen LogP) is 4.97. The first-order valence-electron chi connectivity index (χ1n) is 5.93. The third-order valence-corrected chi connectivity index (χ3v) is 3.22. The van der Waals surface area contributed by atoms with Crippen LogP contribution in [0, 0.1) is 5.82 Å². The molecule has 1 nitrogen and oxygen atoms in total. The van der Waals surface area contributed by atoms with E-state index in [9.17, 15) is 4.39 Å². The van der Waals surface area contributed by atoms with Crippen LogP contribution in [0.1, 0.15) is 39.0 Å². The van der Waals surface area contributed by atoms with Crippen LogP contribution in [-0.2, 0) is 0 Å². The van der Waals surface area contributed by atoms with E-state index in [2.05, 4.69) is 28.2 Å². The molecular formula is C13H19BrFN. The average Bonchev–Trinajstić information content (AvgIpc) is 2.28. The number of hydrogen-bond acceptors (Lipinski definition) is 1. The molecule has 0 aliphatic heterocycles. The van der Waals surface area contributed by atoms with Crippen LogP contribution in [0.4, 0.5) is 10.1 Å². The molecule has 0 heterocycles. The van der Waals surface area contributed by atoms with E-state index >= 15 is 0 Å². The highest BCUT2D eigenvalue weighted by atomic mass is 79.9. The number of hydrogen-bond donors (Lipinski definition) is 1. The van der Waals surface area contributed by atoms with Crippen molar-refractivity contribution in [3.63, 3.8) is 0 Å². The van der Waals surface area contributed by atoms with Gasteiger partial charge in [-0.15, -0.1) is 0 Å². The first-order chi connectivity index (χ1) is 7.74. The van der Waals surface area contributed by atoms with Gasteiger partial charge in [-0.05, 0) is 40.5 Å². The molecule has 0 aliphatic rings. The molecule has 0 atom stereocenters. The van der Waals surface area contributed by atoms with Crippen molar-refractivity contribution in [1.29, 1.82) is 0 Å². The summed E-state index contributed by atoms with van der Waals surface area (Å²) in [6.07, 6.45) is 6.26. The zero-order valence-electron chi connectivity index (χ0n) is 9.73. The fourth-order valence-corrected chi connectivity index (χ4v) is 1.97. The molecule has 0 amide bonds. The second-order valence-electron chi connectivity index (χ2n) is 3.97. The monoisotopic (exact) mass is 287 g/mol. The Hall–Kier alpha value is -0.570. The molecule has 0 unspecified atom stereocenters. The lowest BCUT2D eigenvalue weighted by Gasteiger charge is -2.08. The zero-order valence-corrected chi connectivity index (χ0v) is 11.3. The van der Waals surface area contributed by atoms with E-state index in [4.69, 9.17) is 0 Å². The van der Waals surface area contributed by atoms with Gasteiger partial charge in [0.25, 0.3) is 0 Å². The second-order valence-corrected chi connectivity index (χ2v) is 4.82. The van der Waals surface area contributed by atoms with Crippen molar-refractivity contribution in [3.8, 4) is 0 Å². The molecule has 1 N–H and O–H groups in total. The highest BCUT2D eigenvalue weighted by molar-refractivity contribution is 9.10. The Balaban J connectivity index is 2.23. The van der Waals surface area contributed by atoms with Crippen LogP contribution in [0.3, 0.4) is 0 Å². The fraction of sp³-hybridized carbons (Fsp3) is 0.538. The van der Waals surface area contributed by atoms with E-state index in [-0.39, 0.29) is 5.82 Å². The van der Waals surface area contributed by atoms with E-state index in [0.717, 1.165) is 23.1 Å². The molecule has 90 valence electrons. The van der Waals surface area contributed by atoms with Crippen LogP contribution in [0.25, 0.3) is 0 Å². The molecule has 1 rings (SSSR count). The molecule has 0 spiro atoms. The number of unbranched alkanes of at least 4 members (excludes halogenated alkanes) is 4. The van der Waals surface area contributed by atoms with E-state index in [0.29, 0.717) is 0 Å². The molecule has 0 saturated heterocycles. The number of rotatable bonds is 7. The van der Waals surface area contributed by atoms with Gasteiger partial charge in [-0.2, -0.15) is 0 Å². The molecule has 0 aromatic heterocycles. The third-order valence-electron chi connectivity index (χ3n) is 2.52. The van der Waals surface area contributed by atoms with Gasteiger partial charge in [-0.1, -0.05) is 32.6 Å². The molecule has 0 fully saturated rings. The Morgan fingerprint density at radius 3 is 2.69 bits per heavy atom. The summed E-state index contributed by atoms with van der Waals surface area (Å²) in [5.74, 6) is -0.198. The van der Waals surface area contributed by atoms with Crippen molar-refractivity contribution < 1.29 is 4.39 Å². The molecule has 16 heavy (non-hydrogen) atoms. The molecule has 1 aromatic rings. The summed E-state index contributed by atoms with van der Waals surface area (Å²) in [5, 5.41) is 3.24. The summed E-state index contributed by atoms with van der Waals surface area (Å²) in [7, 11) is 0. The van der Waals surface area contributed by atoms with Crippen molar-refractivity contribution in [2.75, 3.05) is 11.9 Å². The Morgan fingerprint density at radius 2 is 1.94 bits per heavy atom. The van der Waals surface area contributed by atoms with Crippen molar-refractivity contribution in [2.24, 2.45) is 0 Å². The fourth-order valence-electron chi connectivity index (χ4n) is 1.58. The summed E-state index contributed by atoms with van der Waals surface area (Å²) in [6.45, 7) is 3.12. The first kappa shape index (κ1) is 13.5. The number of benzene rings is 1. The zero-order chi connectivity index (χ0) is 11.8. The van der Waals surface area contributed by atoms with Crippen molar-refractivity contribution in [3.05, 3.63) is 28.5 Å². The molecular weight excluding hydrogens is 269 g/mol. The summed E-state index contributed by atoms with van der Waals surface area (Å²) >= 11 is 3.40. The van der Waals surface area contributed by atoms with E-state index in [1.165, 1.54) is 37.8 Å². The van der Waals surface area contributed by atoms with E-state index in [1.54, 1.807) is 6.07 Å². The van der Waals surface area contributed by atoms with E-state index < -0.39 is 0 Å². The van der Waals surface area contributed by atoms with Crippen molar-refractivity contribution in [1.82, 2.24) is 0 Å². The SMILES string of the molecule is CCCCCCCNc1cc(F)ccc1Br. The van der Waals surface area contributed by atoms with Gasteiger partial charge in [0.05, 0.1) is 5.69 Å². The quantitative estimate of drug-likeness (QED) is 0.698. The summed E-state index contributed by atoms with van der Waals surface area (Å²) in [4.78, 5) is 0. The number of halogens is 2. The minimum absolute atomic E-state index is 0.198. The largest absolute Gasteiger partial charge is 0.384 e. The summed E-state index contributed by atoms with van der Waals surface area (Å²) in [5.41, 5.74) is 0.843. The van der Waals surface area contributed by atoms with Crippen LogP contribution in [0.2, 0.25) is 0 Å². The van der Waals surface area contributed by atoms with Crippen LogP contribution < -0.4 is 5.32 Å². The minimum Gasteiger partial charge on any atom is -0.384 e. The topological polar surface area (TPSA) is 12.0 Å². The maximum Gasteiger partial charge on any atom is 0.125 e. The lowest BCUT2D eigenvalue weighted by molar-refractivity contribution is 0.627. The minimum atomic E-state index is -0.198. The Kier molecular flexibility index (Phi) is 6.46. The van der Waals surface area contributed by atoms with Gasteiger partial charge >= 0.3 is 0 Å². The summed E-state index contributed by atoms with van der Waals surface area (Å²) in [6, 6.07) is 4.71. The predicted molar refractivity (Wildman–Crippen MR) is 71.3 cm³/mol. The Morgan fingerprint density at radius 1 is 1.19 bits per heavy atom. The Labute approximate surface area is 106 Å². The van der Waals surface area contributed by atoms with Gasteiger partial charge in [0, 0.05) is 11.0 Å². The first-order valence-corrected chi connectivity index (χ1v) is 6.72. The van der Waals surface area contributed by atoms with E-state index in [1.807, 2.05) is 0 Å².